The second-order valence-corrected chi connectivity index (χ2v) is 11.0. The number of hydrogen-bond acceptors (Lipinski definition) is 4. The fourth-order valence-electron chi connectivity index (χ4n) is 3.84. The van der Waals surface area contributed by atoms with Crippen LogP contribution in [0.1, 0.15) is 52.4 Å². The maximum absolute atomic E-state index is 13.1. The van der Waals surface area contributed by atoms with E-state index in [1.165, 1.54) is 41.6 Å². The Balaban J connectivity index is 2.03. The number of aliphatic carboxylic acids is 1. The molecule has 0 saturated heterocycles. The number of hydrogen-bond donors (Lipinski definition) is 2. The first-order valence-electron chi connectivity index (χ1n) is 11.9. The van der Waals surface area contributed by atoms with Crippen LogP contribution in [0.15, 0.2) is 64.4 Å². The van der Waals surface area contributed by atoms with E-state index in [0.29, 0.717) is 12.2 Å². The van der Waals surface area contributed by atoms with Crippen molar-refractivity contribution in [3.63, 3.8) is 0 Å². The highest BCUT2D eigenvalue weighted by atomic mass is 32.2. The lowest BCUT2D eigenvalue weighted by Gasteiger charge is -2.35. The third-order valence-electron chi connectivity index (χ3n) is 5.68. The van der Waals surface area contributed by atoms with Crippen LogP contribution >= 0.6 is 23.5 Å². The van der Waals surface area contributed by atoms with Crippen LogP contribution in [-0.4, -0.2) is 45.4 Å². The van der Waals surface area contributed by atoms with Crippen molar-refractivity contribution in [2.45, 2.75) is 74.1 Å². The van der Waals surface area contributed by atoms with E-state index in [1.54, 1.807) is 13.0 Å². The number of amides is 2. The molecule has 5 nitrogen and oxygen atoms in total. The van der Waals surface area contributed by atoms with Crippen LogP contribution in [0.2, 0.25) is 0 Å². The van der Waals surface area contributed by atoms with Crippen molar-refractivity contribution in [3.05, 3.63) is 59.6 Å². The molecule has 0 spiro atoms. The summed E-state index contributed by atoms with van der Waals surface area (Å²) in [5.74, 6) is -0.872. The van der Waals surface area contributed by atoms with Gasteiger partial charge in [-0.3, -0.25) is 4.79 Å². The van der Waals surface area contributed by atoms with E-state index in [-0.39, 0.29) is 28.7 Å². The lowest BCUT2D eigenvalue weighted by molar-refractivity contribution is -0.136. The van der Waals surface area contributed by atoms with Crippen LogP contribution < -0.4 is 5.32 Å². The quantitative estimate of drug-likeness (QED) is 0.219. The Morgan fingerprint density at radius 2 is 1.89 bits per heavy atom. The first-order valence-corrected chi connectivity index (χ1v) is 13.6. The minimum Gasteiger partial charge on any atom is -0.480 e. The molecule has 0 heterocycles. The predicted molar refractivity (Wildman–Crippen MR) is 142 cm³/mol. The molecule has 1 fully saturated rings. The highest BCUT2D eigenvalue weighted by Crippen LogP contribution is 2.37. The Hall–Kier alpha value is -2.33. The number of thioether (sulfide) groups is 2. The number of unbranched alkanes of at least 4 members (excludes halogenated alkanes) is 1. The van der Waals surface area contributed by atoms with Crippen molar-refractivity contribution in [2.75, 3.05) is 11.9 Å². The van der Waals surface area contributed by atoms with E-state index in [1.807, 2.05) is 17.1 Å². The second-order valence-electron chi connectivity index (χ2n) is 8.49. The zero-order valence-electron chi connectivity index (χ0n) is 20.5. The van der Waals surface area contributed by atoms with Crippen molar-refractivity contribution >= 4 is 41.2 Å². The zero-order chi connectivity index (χ0) is 26.7. The fraction of sp³-hybridized carbons (Fsp3) is 0.462. The second kappa shape index (κ2) is 14.4. The van der Waals surface area contributed by atoms with Gasteiger partial charge in [-0.1, -0.05) is 31.6 Å². The number of halogens is 3. The van der Waals surface area contributed by atoms with Gasteiger partial charge >= 0.3 is 17.5 Å². The molecule has 1 aromatic carbocycles. The third-order valence-corrected chi connectivity index (χ3v) is 7.50. The zero-order valence-corrected chi connectivity index (χ0v) is 22.1. The minimum atomic E-state index is -4.36. The summed E-state index contributed by atoms with van der Waals surface area (Å²) in [4.78, 5) is 27.1. The molecule has 1 aromatic rings. The maximum atomic E-state index is 13.1. The van der Waals surface area contributed by atoms with Gasteiger partial charge in [0.1, 0.15) is 5.25 Å². The van der Waals surface area contributed by atoms with E-state index in [4.69, 9.17) is 0 Å². The average Bonchev–Trinajstić information content (AvgIpc) is 2.80. The van der Waals surface area contributed by atoms with Crippen LogP contribution in [0, 0.1) is 0 Å². The SMILES string of the molecule is C=C/C=C(\C=C1CCC(N(CCCC)C(=O)Nc2ccc(SC(F)(F)F)cc2)CC1)SC(C)C(=O)O. The summed E-state index contributed by atoms with van der Waals surface area (Å²) < 4.78 is 37.7. The van der Waals surface area contributed by atoms with E-state index >= 15 is 0 Å². The molecule has 36 heavy (non-hydrogen) atoms. The van der Waals surface area contributed by atoms with Crippen molar-refractivity contribution < 1.29 is 27.9 Å². The molecule has 2 N–H and O–H groups in total. The first kappa shape index (κ1) is 29.9. The molecule has 2 rings (SSSR count). The first-order chi connectivity index (χ1) is 17.0. The molecule has 0 aliphatic heterocycles. The molecule has 1 aliphatic carbocycles. The summed E-state index contributed by atoms with van der Waals surface area (Å²) in [5.41, 5.74) is -2.70. The number of carboxylic acid groups (broad SMARTS) is 1. The molecule has 1 saturated carbocycles. The fourth-order valence-corrected chi connectivity index (χ4v) is 5.29. The van der Waals surface area contributed by atoms with Crippen molar-refractivity contribution in [2.24, 2.45) is 0 Å². The van der Waals surface area contributed by atoms with Gasteiger partial charge in [0.05, 0.1) is 0 Å². The molecular weight excluding hydrogens is 509 g/mol. The Morgan fingerprint density at radius 3 is 2.42 bits per heavy atom. The Kier molecular flexibility index (Phi) is 12.0. The number of urea groups is 1. The van der Waals surface area contributed by atoms with E-state index in [2.05, 4.69) is 18.8 Å². The van der Waals surface area contributed by atoms with Crippen molar-refractivity contribution in [1.29, 1.82) is 0 Å². The average molecular weight is 543 g/mol. The van der Waals surface area contributed by atoms with E-state index in [0.717, 1.165) is 43.4 Å². The van der Waals surface area contributed by atoms with Crippen LogP contribution in [0.25, 0.3) is 0 Å². The smallest absolute Gasteiger partial charge is 0.446 e. The number of carbonyl (C=O) groups excluding carboxylic acids is 1. The molecule has 10 heteroatoms. The highest BCUT2D eigenvalue weighted by molar-refractivity contribution is 8.04. The summed E-state index contributed by atoms with van der Waals surface area (Å²) in [7, 11) is 0. The topological polar surface area (TPSA) is 69.6 Å². The molecule has 1 aliphatic rings. The van der Waals surface area contributed by atoms with Gasteiger partial charge in [0, 0.05) is 28.1 Å². The summed E-state index contributed by atoms with van der Waals surface area (Å²) in [6.07, 6.45) is 10.4. The molecule has 198 valence electrons. The number of alkyl halides is 3. The largest absolute Gasteiger partial charge is 0.480 e. The lowest BCUT2D eigenvalue weighted by Crippen LogP contribution is -2.44. The van der Waals surface area contributed by atoms with Crippen LogP contribution in [0.3, 0.4) is 0 Å². The molecular formula is C26H33F3N2O3S2. The number of allylic oxidation sites excluding steroid dienone is 4. The molecule has 0 radical (unpaired) electrons. The Labute approximate surface area is 219 Å². The molecule has 2 amide bonds. The number of benzene rings is 1. The van der Waals surface area contributed by atoms with Crippen LogP contribution in [-0.2, 0) is 4.79 Å². The van der Waals surface area contributed by atoms with Gasteiger partial charge < -0.3 is 15.3 Å². The Morgan fingerprint density at radius 1 is 1.25 bits per heavy atom. The van der Waals surface area contributed by atoms with Crippen LogP contribution in [0.4, 0.5) is 23.7 Å². The number of nitrogens with one attached hydrogen (secondary N) is 1. The standard InChI is InChI=1S/C26H33F3N2O3S2/c1-4-6-16-31(25(34)30-20-10-14-22(15-11-20)36-26(27,28)29)21-12-8-19(9-13-21)17-23(7-5-2)35-18(3)24(32)33/h5,7,10-11,14-15,17-18,21H,2,4,6,8-9,12-13,16H2,1,3H3,(H,30,34)(H,32,33)/b19-17?,23-7+. The van der Waals surface area contributed by atoms with Gasteiger partial charge in [0.2, 0.25) is 0 Å². The minimum absolute atomic E-state index is 0.0474. The summed E-state index contributed by atoms with van der Waals surface area (Å²) in [6.45, 7) is 8.01. The van der Waals surface area contributed by atoms with Gasteiger partial charge in [-0.05, 0) is 87.2 Å². The van der Waals surface area contributed by atoms with Crippen LogP contribution in [0.5, 0.6) is 0 Å². The summed E-state index contributed by atoms with van der Waals surface area (Å²) in [5, 5.41) is 11.5. The third kappa shape index (κ3) is 10.3. The number of carboxylic acids is 1. The Bertz CT molecular complexity index is 952. The number of carbonyl (C=O) groups is 2. The van der Waals surface area contributed by atoms with E-state index in [9.17, 15) is 27.9 Å². The van der Waals surface area contributed by atoms with Crippen molar-refractivity contribution in [3.8, 4) is 0 Å². The number of rotatable bonds is 11. The number of nitrogens with zero attached hydrogens (tertiary/aromatic N) is 1. The molecule has 1 atom stereocenters. The lowest BCUT2D eigenvalue weighted by atomic mass is 9.89. The van der Waals surface area contributed by atoms with Gasteiger partial charge in [0.15, 0.2) is 0 Å². The van der Waals surface area contributed by atoms with Gasteiger partial charge in [-0.15, -0.1) is 11.8 Å². The maximum Gasteiger partial charge on any atom is 0.446 e. The normalized spacial score (nSPS) is 17.3. The van der Waals surface area contributed by atoms with E-state index < -0.39 is 16.7 Å². The summed E-state index contributed by atoms with van der Waals surface area (Å²) >= 11 is 1.09. The number of anilines is 1. The molecule has 1 unspecified atom stereocenters. The van der Waals surface area contributed by atoms with Gasteiger partial charge in [-0.25, -0.2) is 4.79 Å². The molecule has 0 aromatic heterocycles. The summed E-state index contributed by atoms with van der Waals surface area (Å²) in [6, 6.07) is 5.45. The predicted octanol–water partition coefficient (Wildman–Crippen LogP) is 8.08. The van der Waals surface area contributed by atoms with Gasteiger partial charge in [-0.2, -0.15) is 13.2 Å². The van der Waals surface area contributed by atoms with Gasteiger partial charge in [0.25, 0.3) is 0 Å². The monoisotopic (exact) mass is 542 g/mol. The highest BCUT2D eigenvalue weighted by Gasteiger charge is 2.29. The molecule has 0 bridgehead atoms. The van der Waals surface area contributed by atoms with Crippen molar-refractivity contribution in [1.82, 2.24) is 4.90 Å².